The third-order valence-electron chi connectivity index (χ3n) is 3.32. The van der Waals surface area contributed by atoms with Crippen molar-refractivity contribution in [3.63, 3.8) is 0 Å². The van der Waals surface area contributed by atoms with Crippen LogP contribution >= 0.6 is 0 Å². The topological polar surface area (TPSA) is 63.4 Å². The Kier molecular flexibility index (Phi) is 5.09. The molecule has 0 aromatic rings. The van der Waals surface area contributed by atoms with E-state index in [9.17, 15) is 9.59 Å². The molecule has 16 heavy (non-hydrogen) atoms. The molecule has 1 fully saturated rings. The quantitative estimate of drug-likeness (QED) is 0.745. The maximum Gasteiger partial charge on any atom is 0.146 e. The fourth-order valence-corrected chi connectivity index (χ4v) is 2.06. The number of Topliss-reactive ketones (excluding diaryl/α,β-unsaturated/α-hetero) is 2. The number of rotatable bonds is 5. The first-order chi connectivity index (χ1) is 7.49. The van der Waals surface area contributed by atoms with Crippen LogP contribution in [0.1, 0.15) is 32.6 Å². The van der Waals surface area contributed by atoms with Crippen LogP contribution < -0.4 is 5.73 Å². The molecule has 1 rings (SSSR count). The summed E-state index contributed by atoms with van der Waals surface area (Å²) in [4.78, 5) is 24.9. The molecule has 0 bridgehead atoms. The minimum atomic E-state index is -0.598. The average molecular weight is 226 g/mol. The van der Waals surface area contributed by atoms with Crippen molar-refractivity contribution in [2.24, 2.45) is 11.7 Å². The normalized spacial score (nSPS) is 20.7. The number of ketones is 2. The standard InChI is InChI=1S/C12H22N2O2/c1-9(15)12(13)8-11(16)7-10-3-5-14(2)6-4-10/h10,12H,3-8,13H2,1-2H3. The fraction of sp³-hybridized carbons (Fsp3) is 0.833. The Hall–Kier alpha value is -0.740. The van der Waals surface area contributed by atoms with E-state index in [0.717, 1.165) is 25.9 Å². The summed E-state index contributed by atoms with van der Waals surface area (Å²) in [5.74, 6) is 0.525. The minimum absolute atomic E-state index is 0.100. The van der Waals surface area contributed by atoms with E-state index >= 15 is 0 Å². The lowest BCUT2D eigenvalue weighted by atomic mass is 9.90. The van der Waals surface area contributed by atoms with Gasteiger partial charge < -0.3 is 10.6 Å². The van der Waals surface area contributed by atoms with Gasteiger partial charge in [-0.25, -0.2) is 0 Å². The van der Waals surface area contributed by atoms with Gasteiger partial charge in [0.1, 0.15) is 11.6 Å². The van der Waals surface area contributed by atoms with Gasteiger partial charge >= 0.3 is 0 Å². The molecular formula is C12H22N2O2. The molecule has 0 saturated carbocycles. The van der Waals surface area contributed by atoms with Gasteiger partial charge in [0.2, 0.25) is 0 Å². The van der Waals surface area contributed by atoms with E-state index in [4.69, 9.17) is 5.73 Å². The molecule has 2 N–H and O–H groups in total. The van der Waals surface area contributed by atoms with Crippen LogP contribution in [0.5, 0.6) is 0 Å². The number of carbonyl (C=O) groups is 2. The summed E-state index contributed by atoms with van der Waals surface area (Å²) in [6.45, 7) is 3.57. The van der Waals surface area contributed by atoms with Gasteiger partial charge in [0.25, 0.3) is 0 Å². The zero-order chi connectivity index (χ0) is 12.1. The molecule has 0 aromatic heterocycles. The van der Waals surface area contributed by atoms with Crippen molar-refractivity contribution >= 4 is 11.6 Å². The van der Waals surface area contributed by atoms with Gasteiger partial charge in [0.15, 0.2) is 0 Å². The van der Waals surface area contributed by atoms with Gasteiger partial charge in [0, 0.05) is 12.8 Å². The lowest BCUT2D eigenvalue weighted by Crippen LogP contribution is -2.34. The molecule has 1 saturated heterocycles. The molecule has 1 aliphatic heterocycles. The Balaban J connectivity index is 2.26. The number of nitrogens with zero attached hydrogens (tertiary/aromatic N) is 1. The monoisotopic (exact) mass is 226 g/mol. The van der Waals surface area contributed by atoms with Crippen LogP contribution in [-0.2, 0) is 9.59 Å². The zero-order valence-electron chi connectivity index (χ0n) is 10.2. The van der Waals surface area contributed by atoms with Crippen molar-refractivity contribution in [3.05, 3.63) is 0 Å². The molecule has 4 heteroatoms. The summed E-state index contributed by atoms with van der Waals surface area (Å²) in [7, 11) is 2.10. The van der Waals surface area contributed by atoms with Gasteiger partial charge in [-0.3, -0.25) is 9.59 Å². The molecule has 1 aliphatic rings. The molecule has 4 nitrogen and oxygen atoms in total. The third-order valence-corrected chi connectivity index (χ3v) is 3.32. The molecule has 1 atom stereocenters. The Morgan fingerprint density at radius 1 is 1.38 bits per heavy atom. The second-order valence-corrected chi connectivity index (χ2v) is 4.91. The van der Waals surface area contributed by atoms with Crippen molar-refractivity contribution in [1.82, 2.24) is 4.90 Å². The van der Waals surface area contributed by atoms with E-state index < -0.39 is 6.04 Å². The molecule has 92 valence electrons. The van der Waals surface area contributed by atoms with E-state index in [-0.39, 0.29) is 18.0 Å². The molecule has 0 spiro atoms. The molecule has 0 amide bonds. The highest BCUT2D eigenvalue weighted by molar-refractivity contribution is 5.88. The van der Waals surface area contributed by atoms with Crippen molar-refractivity contribution in [1.29, 1.82) is 0 Å². The highest BCUT2D eigenvalue weighted by Crippen LogP contribution is 2.20. The van der Waals surface area contributed by atoms with E-state index in [1.165, 1.54) is 6.92 Å². The summed E-state index contributed by atoms with van der Waals surface area (Å²) in [6, 6.07) is -0.598. The Labute approximate surface area is 97.2 Å². The van der Waals surface area contributed by atoms with Crippen LogP contribution in [0, 0.1) is 5.92 Å². The highest BCUT2D eigenvalue weighted by Gasteiger charge is 2.21. The molecule has 1 unspecified atom stereocenters. The highest BCUT2D eigenvalue weighted by atomic mass is 16.1. The Morgan fingerprint density at radius 3 is 2.44 bits per heavy atom. The smallest absolute Gasteiger partial charge is 0.146 e. The Morgan fingerprint density at radius 2 is 1.94 bits per heavy atom. The van der Waals surface area contributed by atoms with Crippen molar-refractivity contribution in [3.8, 4) is 0 Å². The third kappa shape index (κ3) is 4.41. The summed E-state index contributed by atoms with van der Waals surface area (Å²) < 4.78 is 0. The number of likely N-dealkylation sites (tertiary alicyclic amines) is 1. The lowest BCUT2D eigenvalue weighted by Gasteiger charge is -2.28. The van der Waals surface area contributed by atoms with Gasteiger partial charge in [-0.05, 0) is 45.8 Å². The first kappa shape index (κ1) is 13.3. The molecule has 1 heterocycles. The number of piperidine rings is 1. The first-order valence-corrected chi connectivity index (χ1v) is 5.95. The number of hydrogen-bond donors (Lipinski definition) is 1. The van der Waals surface area contributed by atoms with Crippen molar-refractivity contribution in [2.75, 3.05) is 20.1 Å². The SMILES string of the molecule is CC(=O)C(N)CC(=O)CC1CCN(C)CC1. The van der Waals surface area contributed by atoms with Crippen LogP contribution in [0.3, 0.4) is 0 Å². The number of hydrogen-bond acceptors (Lipinski definition) is 4. The molecule has 0 radical (unpaired) electrons. The van der Waals surface area contributed by atoms with Crippen LogP contribution in [0.15, 0.2) is 0 Å². The van der Waals surface area contributed by atoms with E-state index in [1.54, 1.807) is 0 Å². The molecular weight excluding hydrogens is 204 g/mol. The predicted molar refractivity (Wildman–Crippen MR) is 63.1 cm³/mol. The molecule has 0 aromatic carbocycles. The second-order valence-electron chi connectivity index (χ2n) is 4.91. The summed E-state index contributed by atoms with van der Waals surface area (Å²) in [5, 5.41) is 0. The molecule has 0 aliphatic carbocycles. The van der Waals surface area contributed by atoms with Crippen LogP contribution in [0.25, 0.3) is 0 Å². The predicted octanol–water partition coefficient (Wildman–Crippen LogP) is 0.594. The van der Waals surface area contributed by atoms with Gasteiger partial charge in [-0.15, -0.1) is 0 Å². The fourth-order valence-electron chi connectivity index (χ4n) is 2.06. The zero-order valence-corrected chi connectivity index (χ0v) is 10.2. The number of nitrogens with two attached hydrogens (primary N) is 1. The largest absolute Gasteiger partial charge is 0.321 e. The van der Waals surface area contributed by atoms with Crippen LogP contribution in [-0.4, -0.2) is 42.6 Å². The summed E-state index contributed by atoms with van der Waals surface area (Å²) >= 11 is 0. The maximum absolute atomic E-state index is 11.7. The lowest BCUT2D eigenvalue weighted by molar-refractivity contribution is -0.125. The van der Waals surface area contributed by atoms with E-state index in [1.807, 2.05) is 0 Å². The van der Waals surface area contributed by atoms with Crippen molar-refractivity contribution < 1.29 is 9.59 Å². The van der Waals surface area contributed by atoms with Gasteiger partial charge in [0.05, 0.1) is 6.04 Å². The van der Waals surface area contributed by atoms with Gasteiger partial charge in [-0.1, -0.05) is 0 Å². The summed E-state index contributed by atoms with van der Waals surface area (Å²) in [6.07, 6.45) is 2.96. The number of carbonyl (C=O) groups excluding carboxylic acids is 2. The van der Waals surface area contributed by atoms with Gasteiger partial charge in [-0.2, -0.15) is 0 Å². The van der Waals surface area contributed by atoms with E-state index in [0.29, 0.717) is 12.3 Å². The van der Waals surface area contributed by atoms with Crippen LogP contribution in [0.4, 0.5) is 0 Å². The average Bonchev–Trinajstić information content (AvgIpc) is 2.21. The Bertz CT molecular complexity index is 258. The second kappa shape index (κ2) is 6.11. The first-order valence-electron chi connectivity index (χ1n) is 5.95. The minimum Gasteiger partial charge on any atom is -0.321 e. The maximum atomic E-state index is 11.7. The van der Waals surface area contributed by atoms with Crippen molar-refractivity contribution in [2.45, 2.75) is 38.6 Å². The van der Waals surface area contributed by atoms with Crippen LogP contribution in [0.2, 0.25) is 0 Å². The van der Waals surface area contributed by atoms with E-state index in [2.05, 4.69) is 11.9 Å². The summed E-state index contributed by atoms with van der Waals surface area (Å²) in [5.41, 5.74) is 5.57.